The van der Waals surface area contributed by atoms with E-state index < -0.39 is 5.82 Å². The van der Waals surface area contributed by atoms with Gasteiger partial charge in [-0.15, -0.1) is 0 Å². The van der Waals surface area contributed by atoms with Crippen LogP contribution in [0, 0.1) is 5.82 Å². The second-order valence-corrected chi connectivity index (χ2v) is 10.6. The first kappa shape index (κ1) is 25.1. The Labute approximate surface area is 234 Å². The van der Waals surface area contributed by atoms with Crippen LogP contribution in [0.2, 0.25) is 0 Å². The number of rotatable bonds is 6. The number of carbonyl (C=O) groups excluding carboxylic acids is 1. The maximum Gasteiger partial charge on any atom is 0.246 e. The van der Waals surface area contributed by atoms with E-state index >= 15 is 4.39 Å². The minimum Gasteiger partial charge on any atom is -0.456 e. The number of benzene rings is 1. The van der Waals surface area contributed by atoms with Crippen molar-refractivity contribution in [2.75, 3.05) is 5.32 Å². The van der Waals surface area contributed by atoms with Gasteiger partial charge in [0.15, 0.2) is 11.5 Å². The molecule has 1 aromatic carbocycles. The Morgan fingerprint density at radius 1 is 1.05 bits per heavy atom. The van der Waals surface area contributed by atoms with Crippen molar-refractivity contribution in [1.82, 2.24) is 34.4 Å². The second-order valence-electron chi connectivity index (χ2n) is 10.6. The van der Waals surface area contributed by atoms with Gasteiger partial charge in [-0.3, -0.25) is 4.79 Å². The summed E-state index contributed by atoms with van der Waals surface area (Å²) in [6, 6.07) is 10.6. The minimum atomic E-state index is -0.506. The van der Waals surface area contributed by atoms with Crippen molar-refractivity contribution in [2.24, 2.45) is 7.05 Å². The molecular weight excluding hydrogens is 523 g/mol. The van der Waals surface area contributed by atoms with E-state index in [1.54, 1.807) is 30.7 Å². The number of halogens is 1. The molecule has 5 aromatic rings. The zero-order chi connectivity index (χ0) is 28.1. The van der Waals surface area contributed by atoms with Crippen LogP contribution in [0.5, 0.6) is 11.5 Å². The minimum absolute atomic E-state index is 0.00619. The Hall–Kier alpha value is -4.93. The van der Waals surface area contributed by atoms with Gasteiger partial charge in [0.2, 0.25) is 5.91 Å². The molecule has 11 heteroatoms. The molecule has 2 fully saturated rings. The van der Waals surface area contributed by atoms with E-state index in [-0.39, 0.29) is 29.6 Å². The van der Waals surface area contributed by atoms with Crippen molar-refractivity contribution in [3.05, 3.63) is 79.4 Å². The van der Waals surface area contributed by atoms with Gasteiger partial charge in [-0.2, -0.15) is 0 Å². The molecule has 2 bridgehead atoms. The highest BCUT2D eigenvalue weighted by molar-refractivity contribution is 5.88. The fourth-order valence-electron chi connectivity index (χ4n) is 6.14. The molecule has 4 aromatic heterocycles. The lowest BCUT2D eigenvalue weighted by molar-refractivity contribution is -0.130. The van der Waals surface area contributed by atoms with E-state index in [0.717, 1.165) is 37.0 Å². The topological polar surface area (TPSA) is 111 Å². The Morgan fingerprint density at radius 3 is 2.66 bits per heavy atom. The predicted octanol–water partition coefficient (Wildman–Crippen LogP) is 5.40. The van der Waals surface area contributed by atoms with Crippen molar-refractivity contribution in [1.29, 1.82) is 0 Å². The molecule has 0 spiro atoms. The van der Waals surface area contributed by atoms with Crippen LogP contribution >= 0.6 is 0 Å². The Morgan fingerprint density at radius 2 is 1.88 bits per heavy atom. The lowest BCUT2D eigenvalue weighted by Gasteiger charge is -2.38. The predicted molar refractivity (Wildman–Crippen MR) is 151 cm³/mol. The summed E-state index contributed by atoms with van der Waals surface area (Å²) in [5.41, 5.74) is 3.81. The zero-order valence-corrected chi connectivity index (χ0v) is 22.4. The number of amides is 1. The third-order valence-electron chi connectivity index (χ3n) is 8.04. The number of pyridine rings is 2. The molecule has 0 aliphatic carbocycles. The SMILES string of the molecule is C=CC(=O)N1[C@@H]2CC[C@H]1C[C@@H](c1ccc3ncnc(Nc4ccc(Oc5cnc6c(c5)ncn6C)cc4F)c3n1)C2. The molecule has 6 heterocycles. The van der Waals surface area contributed by atoms with Crippen molar-refractivity contribution in [2.45, 2.75) is 43.7 Å². The number of imidazole rings is 1. The zero-order valence-electron chi connectivity index (χ0n) is 22.4. The van der Waals surface area contributed by atoms with Crippen molar-refractivity contribution in [3.8, 4) is 11.5 Å². The first-order chi connectivity index (χ1) is 20.0. The number of piperidine rings is 1. The number of carbonyl (C=O) groups is 1. The first-order valence-electron chi connectivity index (χ1n) is 13.5. The summed E-state index contributed by atoms with van der Waals surface area (Å²) >= 11 is 0. The molecule has 3 atom stereocenters. The second kappa shape index (κ2) is 9.92. The monoisotopic (exact) mass is 550 g/mol. The van der Waals surface area contributed by atoms with Crippen LogP contribution in [0.25, 0.3) is 22.2 Å². The average Bonchev–Trinajstić information content (AvgIpc) is 3.48. The van der Waals surface area contributed by atoms with Crippen LogP contribution in [-0.2, 0) is 11.8 Å². The Balaban J connectivity index is 1.12. The summed E-state index contributed by atoms with van der Waals surface area (Å²) in [6.07, 6.45) is 9.79. The molecular formula is C30H27FN8O2. The quantitative estimate of drug-likeness (QED) is 0.280. The molecule has 41 heavy (non-hydrogen) atoms. The molecule has 0 unspecified atom stereocenters. The summed E-state index contributed by atoms with van der Waals surface area (Å²) in [5.74, 6) is 0.917. The van der Waals surface area contributed by atoms with Crippen LogP contribution in [0.3, 0.4) is 0 Å². The number of hydrogen-bond donors (Lipinski definition) is 1. The highest BCUT2D eigenvalue weighted by Crippen LogP contribution is 2.43. The molecule has 2 aliphatic rings. The summed E-state index contributed by atoms with van der Waals surface area (Å²) in [5, 5.41) is 3.09. The molecule has 2 aliphatic heterocycles. The van der Waals surface area contributed by atoms with Crippen molar-refractivity contribution >= 4 is 39.6 Å². The Bertz CT molecular complexity index is 1810. The smallest absolute Gasteiger partial charge is 0.246 e. The van der Waals surface area contributed by atoms with Crippen LogP contribution < -0.4 is 10.1 Å². The van der Waals surface area contributed by atoms with E-state index in [1.807, 2.05) is 28.6 Å². The highest BCUT2D eigenvalue weighted by atomic mass is 19.1. The summed E-state index contributed by atoms with van der Waals surface area (Å²) in [7, 11) is 1.86. The molecule has 2 saturated heterocycles. The number of aromatic nitrogens is 6. The van der Waals surface area contributed by atoms with Gasteiger partial charge >= 0.3 is 0 Å². The largest absolute Gasteiger partial charge is 0.456 e. The molecule has 7 rings (SSSR count). The van der Waals surface area contributed by atoms with Crippen LogP contribution in [0.1, 0.15) is 37.3 Å². The van der Waals surface area contributed by atoms with E-state index in [4.69, 9.17) is 9.72 Å². The number of fused-ring (bicyclic) bond motifs is 4. The third kappa shape index (κ3) is 4.52. The lowest BCUT2D eigenvalue weighted by atomic mass is 9.87. The molecule has 0 saturated carbocycles. The van der Waals surface area contributed by atoms with Gasteiger partial charge in [-0.1, -0.05) is 6.58 Å². The number of ether oxygens (including phenoxy) is 1. The highest BCUT2D eigenvalue weighted by Gasteiger charge is 2.43. The lowest BCUT2D eigenvalue weighted by Crippen LogP contribution is -2.45. The maximum atomic E-state index is 15.2. The summed E-state index contributed by atoms with van der Waals surface area (Å²) in [4.78, 5) is 36.7. The van der Waals surface area contributed by atoms with E-state index in [9.17, 15) is 4.79 Å². The summed E-state index contributed by atoms with van der Waals surface area (Å²) in [6.45, 7) is 3.66. The average molecular weight is 551 g/mol. The van der Waals surface area contributed by atoms with Crippen molar-refractivity contribution in [3.63, 3.8) is 0 Å². The van der Waals surface area contributed by atoms with Gasteiger partial charge in [-0.05, 0) is 56.0 Å². The third-order valence-corrected chi connectivity index (χ3v) is 8.04. The fourth-order valence-corrected chi connectivity index (χ4v) is 6.14. The molecule has 1 amide bonds. The van der Waals surface area contributed by atoms with Gasteiger partial charge in [0.1, 0.15) is 34.7 Å². The van der Waals surface area contributed by atoms with Gasteiger partial charge < -0.3 is 19.5 Å². The van der Waals surface area contributed by atoms with Crippen molar-refractivity contribution < 1.29 is 13.9 Å². The molecule has 206 valence electrons. The van der Waals surface area contributed by atoms with Crippen LogP contribution in [0.4, 0.5) is 15.9 Å². The summed E-state index contributed by atoms with van der Waals surface area (Å²) < 4.78 is 22.9. The van der Waals surface area contributed by atoms with E-state index in [2.05, 4.69) is 31.8 Å². The first-order valence-corrected chi connectivity index (χ1v) is 13.5. The number of anilines is 2. The standard InChI is InChI=1S/C30H27FN8O2/c1-3-27(40)39-18-4-5-19(39)11-17(10-18)23-8-9-25-28(36-23)29(34-15-33-25)37-24-7-6-20(12-22(24)31)41-21-13-26-30(32-14-21)38(2)16-35-26/h3,6-9,12-19H,1,4-5,10-11H2,2H3,(H,33,34,37)/t17-,18+,19-. The number of hydrogen-bond acceptors (Lipinski definition) is 8. The molecule has 1 N–H and O–H groups in total. The van der Waals surface area contributed by atoms with Crippen LogP contribution in [-0.4, -0.2) is 52.4 Å². The number of nitrogens with zero attached hydrogens (tertiary/aromatic N) is 7. The number of nitrogens with one attached hydrogen (secondary N) is 1. The maximum absolute atomic E-state index is 15.2. The van der Waals surface area contributed by atoms with Gasteiger partial charge in [0.05, 0.1) is 23.7 Å². The van der Waals surface area contributed by atoms with Gasteiger partial charge in [0.25, 0.3) is 0 Å². The fraction of sp³-hybridized carbons (Fsp3) is 0.267. The molecule has 0 radical (unpaired) electrons. The van der Waals surface area contributed by atoms with Gasteiger partial charge in [-0.25, -0.2) is 29.3 Å². The van der Waals surface area contributed by atoms with E-state index in [0.29, 0.717) is 33.9 Å². The number of aryl methyl sites for hydroxylation is 1. The van der Waals surface area contributed by atoms with E-state index in [1.165, 1.54) is 18.5 Å². The Kier molecular flexibility index (Phi) is 6.06. The van der Waals surface area contributed by atoms with Crippen LogP contribution in [0.15, 0.2) is 67.9 Å². The molecule has 10 nitrogen and oxygen atoms in total. The normalized spacial score (nSPS) is 20.0. The van der Waals surface area contributed by atoms with Gasteiger partial charge in [0, 0.05) is 42.9 Å².